The van der Waals surface area contributed by atoms with Crippen molar-refractivity contribution in [3.05, 3.63) is 83.0 Å². The third-order valence-corrected chi connectivity index (χ3v) is 7.78. The number of ether oxygens (including phenoxy) is 1. The maximum atomic E-state index is 11.8. The normalized spacial score (nSPS) is 12.6. The van der Waals surface area contributed by atoms with Gasteiger partial charge in [-0.15, -0.1) is 11.3 Å². The van der Waals surface area contributed by atoms with Gasteiger partial charge in [-0.05, 0) is 92.9 Å². The van der Waals surface area contributed by atoms with Gasteiger partial charge in [0.1, 0.15) is 10.8 Å². The van der Waals surface area contributed by atoms with Crippen molar-refractivity contribution in [2.24, 2.45) is 0 Å². The maximum Gasteiger partial charge on any atom is 0.307 e. The lowest BCUT2D eigenvalue weighted by Crippen LogP contribution is -2.25. The number of carbonyl (C=O) groups excluding carboxylic acids is 1. The number of aryl methyl sites for hydroxylation is 1. The van der Waals surface area contributed by atoms with Crippen molar-refractivity contribution in [2.45, 2.75) is 39.7 Å². The first-order chi connectivity index (χ1) is 20.4. The molecule has 1 aliphatic heterocycles. The van der Waals surface area contributed by atoms with Crippen LogP contribution in [0.5, 0.6) is 5.75 Å². The number of nitrogens with one attached hydrogen (secondary N) is 1. The molecule has 0 saturated heterocycles. The summed E-state index contributed by atoms with van der Waals surface area (Å²) in [5.41, 5.74) is 6.74. The van der Waals surface area contributed by atoms with Crippen molar-refractivity contribution >= 4 is 50.7 Å². The van der Waals surface area contributed by atoms with Crippen LogP contribution in [0, 0.1) is 6.92 Å². The average Bonchev–Trinajstić information content (AvgIpc) is 3.36. The molecule has 0 atom stereocenters. The number of pyridine rings is 1. The van der Waals surface area contributed by atoms with Gasteiger partial charge in [-0.2, -0.15) is 0 Å². The Morgan fingerprint density at radius 3 is 2.44 bits per heavy atom. The standard InChI is InChI=1S/C29H20ClN3O4S.C4H10O/c1-15-10-23-28(27(20(15)13-26(35)36)16-2-5-19(30)6-3-16)38-29(33-23)18-8-9-31-21(12-18)17-4-7-24-22(11-17)32-25(34)14-37-24;1-4(2,3)5/h2-12H,13-14H2,1H3,(H,32,34)(H,35,36);5H,1-3H3. The van der Waals surface area contributed by atoms with Crippen LogP contribution >= 0.6 is 22.9 Å². The Morgan fingerprint density at radius 2 is 1.74 bits per heavy atom. The number of nitrogens with zero attached hydrogens (tertiary/aromatic N) is 2. The third kappa shape index (κ3) is 7.19. The second kappa shape index (κ2) is 12.1. The molecule has 43 heavy (non-hydrogen) atoms. The van der Waals surface area contributed by atoms with Gasteiger partial charge in [0.05, 0.1) is 33.6 Å². The predicted molar refractivity (Wildman–Crippen MR) is 171 cm³/mol. The third-order valence-electron chi connectivity index (χ3n) is 6.39. The number of thiazole rings is 1. The minimum absolute atomic E-state index is 0.00332. The lowest BCUT2D eigenvalue weighted by atomic mass is 9.93. The van der Waals surface area contributed by atoms with E-state index in [1.165, 1.54) is 11.3 Å². The van der Waals surface area contributed by atoms with E-state index in [9.17, 15) is 14.7 Å². The topological polar surface area (TPSA) is 122 Å². The maximum absolute atomic E-state index is 11.8. The highest BCUT2D eigenvalue weighted by molar-refractivity contribution is 7.22. The Hall–Kier alpha value is -4.31. The first kappa shape index (κ1) is 30.2. The number of halogens is 1. The largest absolute Gasteiger partial charge is 0.482 e. The van der Waals surface area contributed by atoms with Crippen LogP contribution < -0.4 is 10.1 Å². The number of fused-ring (bicyclic) bond motifs is 2. The fourth-order valence-corrected chi connectivity index (χ4v) is 5.88. The van der Waals surface area contributed by atoms with E-state index in [0.29, 0.717) is 16.5 Å². The molecule has 1 aliphatic rings. The van der Waals surface area contributed by atoms with Crippen LogP contribution in [0.1, 0.15) is 31.9 Å². The predicted octanol–water partition coefficient (Wildman–Crippen LogP) is 7.39. The van der Waals surface area contributed by atoms with Crippen LogP contribution in [0.3, 0.4) is 0 Å². The molecule has 3 heterocycles. The summed E-state index contributed by atoms with van der Waals surface area (Å²) in [5.74, 6) is -0.462. The number of aromatic nitrogens is 2. The van der Waals surface area contributed by atoms with E-state index in [0.717, 1.165) is 54.3 Å². The monoisotopic (exact) mass is 615 g/mol. The number of anilines is 1. The van der Waals surface area contributed by atoms with Crippen LogP contribution in [-0.4, -0.2) is 44.3 Å². The molecule has 6 rings (SSSR count). The summed E-state index contributed by atoms with van der Waals surface area (Å²) >= 11 is 7.64. The molecule has 0 spiro atoms. The molecule has 0 aliphatic carbocycles. The fourth-order valence-electron chi connectivity index (χ4n) is 4.62. The smallest absolute Gasteiger partial charge is 0.307 e. The number of carboxylic acids is 1. The van der Waals surface area contributed by atoms with Crippen LogP contribution in [0.15, 0.2) is 66.9 Å². The SMILES string of the molecule is CC(C)(C)O.Cc1cc2nc(-c3ccnc(-c4ccc5c(c4)NC(=O)CO5)c3)sc2c(-c2ccc(Cl)cc2)c1CC(=O)O. The molecule has 0 bridgehead atoms. The van der Waals surface area contributed by atoms with Crippen molar-refractivity contribution in [2.75, 3.05) is 11.9 Å². The molecule has 1 amide bonds. The molecule has 0 fully saturated rings. The number of carboxylic acid groups (broad SMARTS) is 1. The van der Waals surface area contributed by atoms with Crippen LogP contribution in [0.4, 0.5) is 5.69 Å². The van der Waals surface area contributed by atoms with Crippen molar-refractivity contribution in [3.8, 4) is 38.7 Å². The summed E-state index contributed by atoms with van der Waals surface area (Å²) in [4.78, 5) is 32.9. The first-order valence-electron chi connectivity index (χ1n) is 13.5. The van der Waals surface area contributed by atoms with Crippen molar-refractivity contribution in [1.82, 2.24) is 9.97 Å². The number of hydrogen-bond acceptors (Lipinski definition) is 7. The molecule has 3 aromatic carbocycles. The van der Waals surface area contributed by atoms with Crippen LogP contribution in [-0.2, 0) is 16.0 Å². The van der Waals surface area contributed by atoms with E-state index in [2.05, 4.69) is 10.3 Å². The Balaban J connectivity index is 0.000000682. The molecule has 3 N–H and O–H groups in total. The van der Waals surface area contributed by atoms with Gasteiger partial charge in [0.2, 0.25) is 0 Å². The van der Waals surface area contributed by atoms with Crippen molar-refractivity contribution < 1.29 is 24.5 Å². The number of amides is 1. The quantitative estimate of drug-likeness (QED) is 0.188. The zero-order valence-electron chi connectivity index (χ0n) is 24.1. The van der Waals surface area contributed by atoms with Gasteiger partial charge in [-0.3, -0.25) is 14.6 Å². The summed E-state index contributed by atoms with van der Waals surface area (Å²) in [6, 6.07) is 18.8. The van der Waals surface area contributed by atoms with Crippen LogP contribution in [0.25, 0.3) is 43.2 Å². The Kier molecular flexibility index (Phi) is 8.50. The van der Waals surface area contributed by atoms with Gasteiger partial charge in [-0.25, -0.2) is 4.98 Å². The van der Waals surface area contributed by atoms with E-state index in [1.54, 1.807) is 39.1 Å². The Labute approximate surface area is 258 Å². The second-order valence-electron chi connectivity index (χ2n) is 11.1. The minimum Gasteiger partial charge on any atom is -0.482 e. The molecule has 10 heteroatoms. The first-order valence-corrected chi connectivity index (χ1v) is 14.7. The number of benzene rings is 3. The highest BCUT2D eigenvalue weighted by Gasteiger charge is 2.20. The minimum atomic E-state index is -0.891. The van der Waals surface area contributed by atoms with Gasteiger partial charge in [0, 0.05) is 27.9 Å². The summed E-state index contributed by atoms with van der Waals surface area (Å²) in [5, 5.41) is 22.4. The molecule has 5 aromatic rings. The Morgan fingerprint density at radius 1 is 1.05 bits per heavy atom. The number of carbonyl (C=O) groups is 2. The molecule has 2 aromatic heterocycles. The second-order valence-corrected chi connectivity index (χ2v) is 12.6. The van der Waals surface area contributed by atoms with Gasteiger partial charge in [-0.1, -0.05) is 23.7 Å². The van der Waals surface area contributed by atoms with E-state index < -0.39 is 11.6 Å². The summed E-state index contributed by atoms with van der Waals surface area (Å²) < 4.78 is 6.38. The molecule has 0 radical (unpaired) electrons. The molecule has 8 nitrogen and oxygen atoms in total. The number of aliphatic hydroxyl groups is 1. The lowest BCUT2D eigenvalue weighted by Gasteiger charge is -2.18. The molecule has 220 valence electrons. The number of hydrogen-bond donors (Lipinski definition) is 3. The van der Waals surface area contributed by atoms with Crippen molar-refractivity contribution in [1.29, 1.82) is 0 Å². The average molecular weight is 616 g/mol. The van der Waals surface area contributed by atoms with E-state index in [-0.39, 0.29) is 18.9 Å². The van der Waals surface area contributed by atoms with Gasteiger partial charge < -0.3 is 20.3 Å². The Bertz CT molecular complexity index is 1840. The lowest BCUT2D eigenvalue weighted by molar-refractivity contribution is -0.136. The summed E-state index contributed by atoms with van der Waals surface area (Å²) in [6.07, 6.45) is 1.64. The highest BCUT2D eigenvalue weighted by Crippen LogP contribution is 2.41. The summed E-state index contributed by atoms with van der Waals surface area (Å²) in [6.45, 7) is 7.15. The zero-order chi connectivity index (χ0) is 30.9. The number of aliphatic carboxylic acids is 1. The van der Waals surface area contributed by atoms with E-state index in [1.807, 2.05) is 55.5 Å². The van der Waals surface area contributed by atoms with Crippen LogP contribution in [0.2, 0.25) is 5.02 Å². The molecule has 0 saturated carbocycles. The zero-order valence-corrected chi connectivity index (χ0v) is 25.6. The summed E-state index contributed by atoms with van der Waals surface area (Å²) in [7, 11) is 0. The van der Waals surface area contributed by atoms with Gasteiger partial charge in [0.25, 0.3) is 5.91 Å². The molecular formula is C33H30ClN3O5S. The molecular weight excluding hydrogens is 586 g/mol. The van der Waals surface area contributed by atoms with E-state index >= 15 is 0 Å². The fraction of sp³-hybridized carbons (Fsp3) is 0.212. The van der Waals surface area contributed by atoms with Crippen molar-refractivity contribution in [3.63, 3.8) is 0 Å². The van der Waals surface area contributed by atoms with E-state index in [4.69, 9.17) is 26.4 Å². The number of rotatable bonds is 5. The van der Waals surface area contributed by atoms with Gasteiger partial charge in [0.15, 0.2) is 6.61 Å². The molecule has 0 unspecified atom stereocenters. The van der Waals surface area contributed by atoms with Gasteiger partial charge >= 0.3 is 5.97 Å². The highest BCUT2D eigenvalue weighted by atomic mass is 35.5.